The van der Waals surface area contributed by atoms with Crippen molar-refractivity contribution < 1.29 is 13.2 Å². The summed E-state index contributed by atoms with van der Waals surface area (Å²) < 4.78 is 37.8. The molecule has 1 rings (SSSR count). The number of aromatic nitrogens is 1. The molecule has 0 radical (unpaired) electrons. The summed E-state index contributed by atoms with van der Waals surface area (Å²) in [7, 11) is 0. The van der Waals surface area contributed by atoms with Gasteiger partial charge in [-0.05, 0) is 24.0 Å². The zero-order valence-electron chi connectivity index (χ0n) is 8.97. The van der Waals surface area contributed by atoms with Crippen molar-refractivity contribution in [3.8, 4) is 6.07 Å². The molecule has 0 bridgehead atoms. The Bertz CT molecular complexity index is 418. The van der Waals surface area contributed by atoms with Crippen molar-refractivity contribution in [2.45, 2.75) is 32.4 Å². The Kier molecular flexibility index (Phi) is 3.53. The molecule has 0 amide bonds. The first-order chi connectivity index (χ1) is 7.40. The maximum absolute atomic E-state index is 12.6. The second-order valence-corrected chi connectivity index (χ2v) is 3.58. The minimum absolute atomic E-state index is 0.00124. The minimum Gasteiger partial charge on any atom is -0.245 e. The Labute approximate surface area is 91.7 Å². The molecule has 16 heavy (non-hydrogen) atoms. The van der Waals surface area contributed by atoms with E-state index in [-0.39, 0.29) is 5.92 Å². The van der Waals surface area contributed by atoms with Gasteiger partial charge in [0.05, 0.1) is 5.56 Å². The molecule has 1 atom stereocenters. The molecule has 1 aromatic rings. The second kappa shape index (κ2) is 4.52. The van der Waals surface area contributed by atoms with E-state index < -0.39 is 17.4 Å². The van der Waals surface area contributed by atoms with Crippen LogP contribution in [0.25, 0.3) is 0 Å². The molecule has 0 N–H and O–H groups in total. The molecular weight excluding hydrogens is 217 g/mol. The number of alkyl halides is 3. The molecule has 0 aromatic carbocycles. The van der Waals surface area contributed by atoms with E-state index in [0.29, 0.717) is 5.56 Å². The van der Waals surface area contributed by atoms with Crippen LogP contribution >= 0.6 is 0 Å². The minimum atomic E-state index is -4.53. The van der Waals surface area contributed by atoms with Crippen LogP contribution in [0.3, 0.4) is 0 Å². The highest BCUT2D eigenvalue weighted by atomic mass is 19.4. The fourth-order valence-electron chi connectivity index (χ4n) is 1.29. The first-order valence-electron chi connectivity index (χ1n) is 4.87. The molecule has 0 saturated heterocycles. The van der Waals surface area contributed by atoms with E-state index in [4.69, 9.17) is 5.26 Å². The van der Waals surface area contributed by atoms with Gasteiger partial charge in [-0.15, -0.1) is 0 Å². The molecule has 0 saturated carbocycles. The summed E-state index contributed by atoms with van der Waals surface area (Å²) in [5.41, 5.74) is -1.01. The molecule has 2 nitrogen and oxygen atoms in total. The predicted octanol–water partition coefficient (Wildman–Crippen LogP) is 3.49. The highest BCUT2D eigenvalue weighted by Gasteiger charge is 2.34. The summed E-state index contributed by atoms with van der Waals surface area (Å²) in [6.45, 7) is 3.71. The van der Waals surface area contributed by atoms with Gasteiger partial charge in [0.1, 0.15) is 6.07 Å². The predicted molar refractivity (Wildman–Crippen MR) is 52.7 cm³/mol. The monoisotopic (exact) mass is 228 g/mol. The van der Waals surface area contributed by atoms with Crippen LogP contribution in [-0.4, -0.2) is 4.98 Å². The third kappa shape index (κ3) is 2.51. The van der Waals surface area contributed by atoms with Crippen LogP contribution in [0, 0.1) is 11.3 Å². The topological polar surface area (TPSA) is 36.7 Å². The summed E-state index contributed by atoms with van der Waals surface area (Å²) in [5, 5.41) is 8.56. The van der Waals surface area contributed by atoms with Gasteiger partial charge in [-0.25, -0.2) is 4.98 Å². The lowest BCUT2D eigenvalue weighted by atomic mass is 9.98. The van der Waals surface area contributed by atoms with E-state index >= 15 is 0 Å². The van der Waals surface area contributed by atoms with E-state index in [1.807, 2.05) is 13.8 Å². The molecular formula is C11H11F3N2. The SMILES string of the molecule is CCC(C)c1cnc(C#N)c(C(F)(F)F)c1. The third-order valence-electron chi connectivity index (χ3n) is 2.50. The zero-order chi connectivity index (χ0) is 12.3. The summed E-state index contributed by atoms with van der Waals surface area (Å²) in [6, 6.07) is 2.47. The van der Waals surface area contributed by atoms with Crippen molar-refractivity contribution in [3.63, 3.8) is 0 Å². The summed E-state index contributed by atoms with van der Waals surface area (Å²) in [4.78, 5) is 3.55. The lowest BCUT2D eigenvalue weighted by Crippen LogP contribution is -2.10. The summed E-state index contributed by atoms with van der Waals surface area (Å²) in [5.74, 6) is 0.00124. The van der Waals surface area contributed by atoms with Gasteiger partial charge >= 0.3 is 6.18 Å². The molecule has 1 unspecified atom stereocenters. The molecule has 0 spiro atoms. The summed E-state index contributed by atoms with van der Waals surface area (Å²) in [6.07, 6.45) is -2.46. The van der Waals surface area contributed by atoms with Gasteiger partial charge in [-0.3, -0.25) is 0 Å². The first kappa shape index (κ1) is 12.5. The Morgan fingerprint density at radius 3 is 2.56 bits per heavy atom. The number of pyridine rings is 1. The Balaban J connectivity index is 3.29. The van der Waals surface area contributed by atoms with Crippen LogP contribution in [0.4, 0.5) is 13.2 Å². The van der Waals surface area contributed by atoms with Gasteiger partial charge in [0.2, 0.25) is 0 Å². The normalized spacial score (nSPS) is 13.2. The molecule has 86 valence electrons. The molecule has 0 aliphatic carbocycles. The van der Waals surface area contributed by atoms with Gasteiger partial charge in [-0.2, -0.15) is 18.4 Å². The maximum Gasteiger partial charge on any atom is 0.419 e. The van der Waals surface area contributed by atoms with Crippen molar-refractivity contribution in [1.82, 2.24) is 4.98 Å². The number of hydrogen-bond acceptors (Lipinski definition) is 2. The van der Waals surface area contributed by atoms with Gasteiger partial charge in [0.25, 0.3) is 0 Å². The quantitative estimate of drug-likeness (QED) is 0.776. The van der Waals surface area contributed by atoms with Crippen LogP contribution in [0.15, 0.2) is 12.3 Å². The molecule has 0 fully saturated rings. The van der Waals surface area contributed by atoms with E-state index in [1.165, 1.54) is 12.3 Å². The van der Waals surface area contributed by atoms with Crippen molar-refractivity contribution in [2.24, 2.45) is 0 Å². The lowest BCUT2D eigenvalue weighted by Gasteiger charge is -2.13. The van der Waals surface area contributed by atoms with Crippen LogP contribution in [-0.2, 0) is 6.18 Å². The number of nitriles is 1. The smallest absolute Gasteiger partial charge is 0.245 e. The average Bonchev–Trinajstić information content (AvgIpc) is 2.26. The number of hydrogen-bond donors (Lipinski definition) is 0. The van der Waals surface area contributed by atoms with Crippen molar-refractivity contribution >= 4 is 0 Å². The van der Waals surface area contributed by atoms with Crippen LogP contribution < -0.4 is 0 Å². The fraction of sp³-hybridized carbons (Fsp3) is 0.455. The fourth-order valence-corrected chi connectivity index (χ4v) is 1.29. The van der Waals surface area contributed by atoms with Crippen LogP contribution in [0.2, 0.25) is 0 Å². The first-order valence-corrected chi connectivity index (χ1v) is 4.87. The maximum atomic E-state index is 12.6. The summed E-state index contributed by atoms with van der Waals surface area (Å²) >= 11 is 0. The number of halogens is 3. The number of rotatable bonds is 2. The average molecular weight is 228 g/mol. The molecule has 1 heterocycles. The third-order valence-corrected chi connectivity index (χ3v) is 2.50. The largest absolute Gasteiger partial charge is 0.419 e. The van der Waals surface area contributed by atoms with Crippen molar-refractivity contribution in [3.05, 3.63) is 29.1 Å². The zero-order valence-corrected chi connectivity index (χ0v) is 8.97. The van der Waals surface area contributed by atoms with Gasteiger partial charge in [-0.1, -0.05) is 13.8 Å². The Hall–Kier alpha value is -1.57. The molecule has 0 aliphatic rings. The van der Waals surface area contributed by atoms with Gasteiger partial charge in [0.15, 0.2) is 5.69 Å². The second-order valence-electron chi connectivity index (χ2n) is 3.58. The molecule has 1 aromatic heterocycles. The Morgan fingerprint density at radius 1 is 1.50 bits per heavy atom. The van der Waals surface area contributed by atoms with E-state index in [2.05, 4.69) is 4.98 Å². The van der Waals surface area contributed by atoms with Crippen LogP contribution in [0.5, 0.6) is 0 Å². The number of nitrogens with zero attached hydrogens (tertiary/aromatic N) is 2. The van der Waals surface area contributed by atoms with E-state index in [0.717, 1.165) is 12.5 Å². The van der Waals surface area contributed by atoms with Crippen LogP contribution in [0.1, 0.15) is 43.0 Å². The van der Waals surface area contributed by atoms with E-state index in [1.54, 1.807) is 0 Å². The van der Waals surface area contributed by atoms with Crippen molar-refractivity contribution in [2.75, 3.05) is 0 Å². The van der Waals surface area contributed by atoms with Gasteiger partial charge in [0, 0.05) is 6.20 Å². The lowest BCUT2D eigenvalue weighted by molar-refractivity contribution is -0.138. The highest BCUT2D eigenvalue weighted by Crippen LogP contribution is 2.33. The molecule has 5 heteroatoms. The highest BCUT2D eigenvalue weighted by molar-refractivity contribution is 5.36. The Morgan fingerprint density at radius 2 is 2.12 bits per heavy atom. The van der Waals surface area contributed by atoms with E-state index in [9.17, 15) is 13.2 Å². The molecule has 0 aliphatic heterocycles. The standard InChI is InChI=1S/C11H11F3N2/c1-3-7(2)8-4-9(11(12,13)14)10(5-15)16-6-8/h4,6-7H,3H2,1-2H3. The van der Waals surface area contributed by atoms with Gasteiger partial charge < -0.3 is 0 Å². The van der Waals surface area contributed by atoms with Crippen molar-refractivity contribution in [1.29, 1.82) is 5.26 Å².